The molecule has 2 rings (SSSR count). The van der Waals surface area contributed by atoms with Crippen LogP contribution < -0.4 is 0 Å². The van der Waals surface area contributed by atoms with Crippen LogP contribution in [-0.2, 0) is 0 Å². The molecule has 84 valence electrons. The first kappa shape index (κ1) is 11.7. The lowest BCUT2D eigenvalue weighted by Gasteiger charge is -2.09. The third-order valence-corrected chi connectivity index (χ3v) is 2.95. The monoisotopic (exact) mass is 244 g/mol. The zero-order chi connectivity index (χ0) is 12.4. The normalized spacial score (nSPS) is 10.0. The van der Waals surface area contributed by atoms with Crippen LogP contribution in [-0.4, -0.2) is 0 Å². The van der Waals surface area contributed by atoms with Crippen LogP contribution in [0.2, 0.25) is 5.02 Å². The van der Waals surface area contributed by atoms with Crippen LogP contribution in [0.4, 0.5) is 4.39 Å². The standard InChI is InChI=1S/C15H10ClF/c1-3-11-5-4-10(2)13(8-11)14-9-12(17)6-7-15(14)16/h1,4-9H,2H3. The summed E-state index contributed by atoms with van der Waals surface area (Å²) in [5, 5.41) is 0.517. The fraction of sp³-hybridized carbons (Fsp3) is 0.0667. The van der Waals surface area contributed by atoms with Crippen molar-refractivity contribution < 1.29 is 4.39 Å². The molecule has 0 amide bonds. The first-order valence-electron chi connectivity index (χ1n) is 5.14. The van der Waals surface area contributed by atoms with E-state index in [2.05, 4.69) is 5.92 Å². The Bertz CT molecular complexity index is 609. The molecule has 0 aliphatic rings. The molecule has 0 atom stereocenters. The lowest BCUT2D eigenvalue weighted by atomic mass is 9.98. The highest BCUT2D eigenvalue weighted by molar-refractivity contribution is 6.33. The quantitative estimate of drug-likeness (QED) is 0.651. The lowest BCUT2D eigenvalue weighted by molar-refractivity contribution is 0.628. The van der Waals surface area contributed by atoms with E-state index in [0.29, 0.717) is 10.6 Å². The van der Waals surface area contributed by atoms with Gasteiger partial charge in [-0.15, -0.1) is 6.42 Å². The predicted octanol–water partition coefficient (Wildman–Crippen LogP) is 4.44. The van der Waals surface area contributed by atoms with E-state index in [4.69, 9.17) is 18.0 Å². The minimum Gasteiger partial charge on any atom is -0.207 e. The van der Waals surface area contributed by atoms with Gasteiger partial charge in [0.15, 0.2) is 0 Å². The summed E-state index contributed by atoms with van der Waals surface area (Å²) in [5.41, 5.74) is 3.30. The first-order valence-corrected chi connectivity index (χ1v) is 5.52. The highest BCUT2D eigenvalue weighted by Gasteiger charge is 2.08. The lowest BCUT2D eigenvalue weighted by Crippen LogP contribution is -1.88. The van der Waals surface area contributed by atoms with E-state index < -0.39 is 0 Å². The first-order chi connectivity index (χ1) is 8.11. The van der Waals surface area contributed by atoms with Gasteiger partial charge in [0.25, 0.3) is 0 Å². The van der Waals surface area contributed by atoms with E-state index in [0.717, 1.165) is 16.7 Å². The number of halogens is 2. The highest BCUT2D eigenvalue weighted by atomic mass is 35.5. The maximum absolute atomic E-state index is 13.2. The van der Waals surface area contributed by atoms with Crippen molar-refractivity contribution in [1.29, 1.82) is 0 Å². The number of hydrogen-bond acceptors (Lipinski definition) is 0. The van der Waals surface area contributed by atoms with Crippen LogP contribution in [0.1, 0.15) is 11.1 Å². The van der Waals surface area contributed by atoms with Crippen LogP contribution in [0.15, 0.2) is 36.4 Å². The van der Waals surface area contributed by atoms with Crippen molar-refractivity contribution in [3.05, 3.63) is 58.4 Å². The fourth-order valence-electron chi connectivity index (χ4n) is 1.71. The van der Waals surface area contributed by atoms with Crippen molar-refractivity contribution in [2.45, 2.75) is 6.92 Å². The maximum atomic E-state index is 13.2. The summed E-state index contributed by atoms with van der Waals surface area (Å²) < 4.78 is 13.2. The average Bonchev–Trinajstić information content (AvgIpc) is 2.33. The summed E-state index contributed by atoms with van der Waals surface area (Å²) in [6.07, 6.45) is 5.36. The minimum absolute atomic E-state index is 0.310. The Morgan fingerprint density at radius 3 is 2.59 bits per heavy atom. The summed E-state index contributed by atoms with van der Waals surface area (Å²) in [7, 11) is 0. The molecule has 2 aromatic carbocycles. The Morgan fingerprint density at radius 1 is 1.12 bits per heavy atom. The number of benzene rings is 2. The number of terminal acetylenes is 1. The molecule has 0 aromatic heterocycles. The van der Waals surface area contributed by atoms with E-state index >= 15 is 0 Å². The van der Waals surface area contributed by atoms with Gasteiger partial charge in [0.05, 0.1) is 0 Å². The van der Waals surface area contributed by atoms with Gasteiger partial charge in [-0.05, 0) is 48.4 Å². The topological polar surface area (TPSA) is 0 Å². The molecule has 0 aliphatic carbocycles. The SMILES string of the molecule is C#Cc1ccc(C)c(-c2cc(F)ccc2Cl)c1. The number of aryl methyl sites for hydroxylation is 1. The molecule has 0 saturated heterocycles. The van der Waals surface area contributed by atoms with Gasteiger partial charge >= 0.3 is 0 Å². The van der Waals surface area contributed by atoms with Crippen molar-refractivity contribution in [2.24, 2.45) is 0 Å². The molecule has 0 nitrogen and oxygen atoms in total. The van der Waals surface area contributed by atoms with Gasteiger partial charge in [-0.1, -0.05) is 23.6 Å². The second-order valence-electron chi connectivity index (χ2n) is 3.80. The van der Waals surface area contributed by atoms with Gasteiger partial charge in [0.1, 0.15) is 5.82 Å². The molecule has 0 aliphatic heterocycles. The highest BCUT2D eigenvalue weighted by Crippen LogP contribution is 2.31. The number of hydrogen-bond donors (Lipinski definition) is 0. The summed E-state index contributed by atoms with van der Waals surface area (Å²) >= 11 is 6.08. The zero-order valence-electron chi connectivity index (χ0n) is 9.30. The Kier molecular flexibility index (Phi) is 3.17. The smallest absolute Gasteiger partial charge is 0.123 e. The van der Waals surface area contributed by atoms with Crippen LogP contribution in [0, 0.1) is 25.1 Å². The Labute approximate surface area is 105 Å². The second kappa shape index (κ2) is 4.61. The molecule has 0 saturated carbocycles. The van der Waals surface area contributed by atoms with Crippen LogP contribution in [0.3, 0.4) is 0 Å². The predicted molar refractivity (Wildman–Crippen MR) is 69.5 cm³/mol. The number of rotatable bonds is 1. The van der Waals surface area contributed by atoms with E-state index in [-0.39, 0.29) is 5.82 Å². The molecule has 0 N–H and O–H groups in total. The van der Waals surface area contributed by atoms with Crippen LogP contribution in [0.5, 0.6) is 0 Å². The summed E-state index contributed by atoms with van der Waals surface area (Å²) in [6, 6.07) is 9.92. The summed E-state index contributed by atoms with van der Waals surface area (Å²) in [6.45, 7) is 1.94. The Morgan fingerprint density at radius 2 is 1.88 bits per heavy atom. The zero-order valence-corrected chi connectivity index (χ0v) is 10.1. The van der Waals surface area contributed by atoms with E-state index in [9.17, 15) is 4.39 Å². The van der Waals surface area contributed by atoms with Crippen molar-refractivity contribution in [3.8, 4) is 23.5 Å². The Hall–Kier alpha value is -1.78. The molecule has 0 unspecified atom stereocenters. The van der Waals surface area contributed by atoms with Gasteiger partial charge in [0, 0.05) is 16.1 Å². The molecule has 0 heterocycles. The Balaban J connectivity index is 2.68. The molecule has 0 fully saturated rings. The third-order valence-electron chi connectivity index (χ3n) is 2.62. The van der Waals surface area contributed by atoms with Gasteiger partial charge in [-0.3, -0.25) is 0 Å². The largest absolute Gasteiger partial charge is 0.207 e. The van der Waals surface area contributed by atoms with Gasteiger partial charge in [0.2, 0.25) is 0 Å². The average molecular weight is 245 g/mol. The van der Waals surface area contributed by atoms with Crippen molar-refractivity contribution in [2.75, 3.05) is 0 Å². The summed E-state index contributed by atoms with van der Waals surface area (Å²) in [5.74, 6) is 2.25. The second-order valence-corrected chi connectivity index (χ2v) is 4.21. The van der Waals surface area contributed by atoms with Crippen LogP contribution in [0.25, 0.3) is 11.1 Å². The molecular formula is C15H10ClF. The minimum atomic E-state index is -0.310. The molecule has 2 aromatic rings. The van der Waals surface area contributed by atoms with E-state index in [1.54, 1.807) is 6.07 Å². The van der Waals surface area contributed by atoms with Gasteiger partial charge in [-0.25, -0.2) is 4.39 Å². The van der Waals surface area contributed by atoms with E-state index in [1.165, 1.54) is 12.1 Å². The molecule has 0 spiro atoms. The third kappa shape index (κ3) is 2.33. The summed E-state index contributed by atoms with van der Waals surface area (Å²) in [4.78, 5) is 0. The van der Waals surface area contributed by atoms with E-state index in [1.807, 2.05) is 25.1 Å². The molecule has 2 heteroatoms. The van der Waals surface area contributed by atoms with Crippen molar-refractivity contribution in [3.63, 3.8) is 0 Å². The fourth-order valence-corrected chi connectivity index (χ4v) is 1.93. The van der Waals surface area contributed by atoms with Crippen LogP contribution >= 0.6 is 11.6 Å². The van der Waals surface area contributed by atoms with Gasteiger partial charge in [-0.2, -0.15) is 0 Å². The maximum Gasteiger partial charge on any atom is 0.123 e. The molecule has 0 bridgehead atoms. The molecular weight excluding hydrogens is 235 g/mol. The van der Waals surface area contributed by atoms with Crippen molar-refractivity contribution >= 4 is 11.6 Å². The molecule has 0 radical (unpaired) electrons. The molecule has 17 heavy (non-hydrogen) atoms. The van der Waals surface area contributed by atoms with Crippen molar-refractivity contribution in [1.82, 2.24) is 0 Å². The van der Waals surface area contributed by atoms with Gasteiger partial charge < -0.3 is 0 Å².